The number of hydrogen-bond donors (Lipinski definition) is 2. The lowest BCUT2D eigenvalue weighted by Gasteiger charge is -2.00. The lowest BCUT2D eigenvalue weighted by Crippen LogP contribution is -2.05. The van der Waals surface area contributed by atoms with Crippen LogP contribution in [-0.4, -0.2) is 0 Å². The fourth-order valence-corrected chi connectivity index (χ4v) is 0.561. The molecule has 0 aliphatic carbocycles. The Bertz CT molecular complexity index is 183. The van der Waals surface area contributed by atoms with Crippen molar-refractivity contribution >= 4 is 0 Å². The number of rotatable bonds is 4. The topological polar surface area (TPSA) is 61.3 Å². The van der Waals surface area contributed by atoms with Crippen LogP contribution in [0.1, 0.15) is 27.2 Å². The van der Waals surface area contributed by atoms with Gasteiger partial charge < -0.3 is 10.6 Å². The van der Waals surface area contributed by atoms with Gasteiger partial charge in [-0.2, -0.15) is 5.90 Å². The van der Waals surface area contributed by atoms with Crippen molar-refractivity contribution in [1.82, 2.24) is 0 Å². The van der Waals surface area contributed by atoms with Crippen molar-refractivity contribution in [2.45, 2.75) is 27.2 Å². The van der Waals surface area contributed by atoms with E-state index >= 15 is 0 Å². The maximum atomic E-state index is 5.54. The highest BCUT2D eigenvalue weighted by Gasteiger charge is 1.93. The second-order valence-electron chi connectivity index (χ2n) is 1.95. The van der Waals surface area contributed by atoms with E-state index in [1.165, 1.54) is 6.08 Å². The Balaban J connectivity index is 0. The van der Waals surface area contributed by atoms with Gasteiger partial charge in [-0.05, 0) is 18.6 Å². The van der Waals surface area contributed by atoms with Crippen molar-refractivity contribution in [2.24, 2.45) is 11.6 Å². The van der Waals surface area contributed by atoms with E-state index in [2.05, 4.69) is 11.4 Å². The van der Waals surface area contributed by atoms with Crippen LogP contribution in [0.5, 0.6) is 0 Å². The summed E-state index contributed by atoms with van der Waals surface area (Å²) in [5, 5.41) is 0. The van der Waals surface area contributed by atoms with Gasteiger partial charge in [-0.3, -0.25) is 0 Å². The van der Waals surface area contributed by atoms with Gasteiger partial charge >= 0.3 is 0 Å². The summed E-state index contributed by atoms with van der Waals surface area (Å²) >= 11 is 0. The van der Waals surface area contributed by atoms with E-state index in [1.54, 1.807) is 6.08 Å². The molecule has 76 valence electrons. The summed E-state index contributed by atoms with van der Waals surface area (Å²) in [6.45, 7) is 9.50. The average Bonchev–Trinajstić information content (AvgIpc) is 2.19. The molecule has 0 saturated carbocycles. The van der Waals surface area contributed by atoms with Crippen LogP contribution in [0.3, 0.4) is 0 Å². The summed E-state index contributed by atoms with van der Waals surface area (Å²) in [5.74, 6) is 5.31. The van der Waals surface area contributed by atoms with E-state index in [9.17, 15) is 0 Å². The lowest BCUT2D eigenvalue weighted by molar-refractivity contribution is 0.231. The predicted molar refractivity (Wildman–Crippen MR) is 57.5 cm³/mol. The number of allylic oxidation sites excluding steroid dienone is 3. The van der Waals surface area contributed by atoms with Crippen molar-refractivity contribution in [3.63, 3.8) is 0 Å². The molecule has 0 unspecified atom stereocenters. The summed E-state index contributed by atoms with van der Waals surface area (Å²) < 4.78 is 0. The summed E-state index contributed by atoms with van der Waals surface area (Å²) in [5.41, 5.74) is 6.03. The molecule has 0 aromatic carbocycles. The molecule has 0 rings (SSSR count). The molecule has 0 aromatic rings. The molecule has 0 amide bonds. The second-order valence-corrected chi connectivity index (χ2v) is 1.95. The fourth-order valence-electron chi connectivity index (χ4n) is 0.561. The zero-order chi connectivity index (χ0) is 10.7. The second kappa shape index (κ2) is 10.8. The molecule has 0 fully saturated rings. The molecule has 0 heterocycles. The highest BCUT2D eigenvalue weighted by molar-refractivity contribution is 5.25. The minimum atomic E-state index is 0.398. The van der Waals surface area contributed by atoms with Crippen molar-refractivity contribution in [1.29, 1.82) is 0 Å². The Labute approximate surface area is 80.7 Å². The van der Waals surface area contributed by atoms with E-state index in [0.717, 1.165) is 6.42 Å². The van der Waals surface area contributed by atoms with Crippen molar-refractivity contribution in [3.8, 4) is 0 Å². The minimum Gasteiger partial charge on any atom is -0.409 e. The molecule has 0 spiro atoms. The van der Waals surface area contributed by atoms with Gasteiger partial charge in [0.15, 0.2) is 5.76 Å². The minimum absolute atomic E-state index is 0.398. The molecule has 0 atom stereocenters. The summed E-state index contributed by atoms with van der Waals surface area (Å²) in [4.78, 5) is 4.44. The van der Waals surface area contributed by atoms with Crippen LogP contribution < -0.4 is 11.6 Å². The normalized spacial score (nSPS) is 11.4. The first-order valence-electron chi connectivity index (χ1n) is 4.41. The molecular weight excluding hydrogens is 164 g/mol. The summed E-state index contributed by atoms with van der Waals surface area (Å²) in [6, 6.07) is 0. The number of hydrogen-bond acceptors (Lipinski definition) is 3. The van der Waals surface area contributed by atoms with Gasteiger partial charge in [0, 0.05) is 0 Å². The standard InChI is InChI=1S/C8H14N2O.C2H6/c1-3-5-6-7(9)8(4-2)11-10;1-2/h4-6H,2-3,9-10H2,1H3;1-2H3/b6-5-,8-7-;. The Kier molecular flexibility index (Phi) is 11.9. The highest BCUT2D eigenvalue weighted by atomic mass is 16.6. The molecular formula is C10H20N2O. The third-order valence-electron chi connectivity index (χ3n) is 1.13. The predicted octanol–water partition coefficient (Wildman–Crippen LogP) is 2.23. The van der Waals surface area contributed by atoms with E-state index in [0.29, 0.717) is 11.5 Å². The van der Waals surface area contributed by atoms with Crippen LogP contribution >= 0.6 is 0 Å². The molecule has 3 nitrogen and oxygen atoms in total. The van der Waals surface area contributed by atoms with Crippen LogP contribution in [0.25, 0.3) is 0 Å². The lowest BCUT2D eigenvalue weighted by atomic mass is 10.3. The molecule has 0 radical (unpaired) electrons. The zero-order valence-electron chi connectivity index (χ0n) is 8.71. The van der Waals surface area contributed by atoms with Gasteiger partial charge in [0.2, 0.25) is 0 Å². The Hall–Kier alpha value is -1.22. The Morgan fingerprint density at radius 3 is 2.31 bits per heavy atom. The van der Waals surface area contributed by atoms with Crippen LogP contribution in [0.15, 0.2) is 36.3 Å². The van der Waals surface area contributed by atoms with Gasteiger partial charge in [-0.15, -0.1) is 0 Å². The fraction of sp³-hybridized carbons (Fsp3) is 0.400. The Morgan fingerprint density at radius 1 is 1.46 bits per heavy atom. The van der Waals surface area contributed by atoms with Gasteiger partial charge in [-0.25, -0.2) is 0 Å². The molecule has 3 heteroatoms. The average molecular weight is 184 g/mol. The first kappa shape index (κ1) is 14.3. The maximum Gasteiger partial charge on any atom is 0.169 e. The summed E-state index contributed by atoms with van der Waals surface area (Å²) in [7, 11) is 0. The molecule has 0 saturated heterocycles. The quantitative estimate of drug-likeness (QED) is 0.400. The van der Waals surface area contributed by atoms with Crippen molar-refractivity contribution < 1.29 is 4.84 Å². The molecule has 0 aliphatic rings. The molecule has 4 N–H and O–H groups in total. The molecule has 0 aromatic heterocycles. The van der Waals surface area contributed by atoms with Gasteiger partial charge in [0.1, 0.15) is 0 Å². The third kappa shape index (κ3) is 7.15. The van der Waals surface area contributed by atoms with E-state index < -0.39 is 0 Å². The van der Waals surface area contributed by atoms with Gasteiger partial charge in [0.25, 0.3) is 0 Å². The zero-order valence-corrected chi connectivity index (χ0v) is 8.71. The van der Waals surface area contributed by atoms with Crippen LogP contribution in [-0.2, 0) is 4.84 Å². The Morgan fingerprint density at radius 2 is 2.00 bits per heavy atom. The van der Waals surface area contributed by atoms with Crippen molar-refractivity contribution in [2.75, 3.05) is 0 Å². The smallest absolute Gasteiger partial charge is 0.169 e. The SMILES string of the molecule is C=C/C(ON)=C(N)\C=C/CC.CC. The molecule has 13 heavy (non-hydrogen) atoms. The monoisotopic (exact) mass is 184 g/mol. The van der Waals surface area contributed by atoms with Crippen LogP contribution in [0, 0.1) is 0 Å². The van der Waals surface area contributed by atoms with Gasteiger partial charge in [0.05, 0.1) is 5.70 Å². The van der Waals surface area contributed by atoms with E-state index in [-0.39, 0.29) is 0 Å². The highest BCUT2D eigenvalue weighted by Crippen LogP contribution is 2.00. The first-order valence-corrected chi connectivity index (χ1v) is 4.41. The van der Waals surface area contributed by atoms with Crippen molar-refractivity contribution in [3.05, 3.63) is 36.3 Å². The van der Waals surface area contributed by atoms with Crippen LogP contribution in [0.2, 0.25) is 0 Å². The summed E-state index contributed by atoms with van der Waals surface area (Å²) in [6.07, 6.45) is 6.05. The van der Waals surface area contributed by atoms with E-state index in [1.807, 2.05) is 26.8 Å². The van der Waals surface area contributed by atoms with Gasteiger partial charge in [-0.1, -0.05) is 33.4 Å². The van der Waals surface area contributed by atoms with Crippen LogP contribution in [0.4, 0.5) is 0 Å². The van der Waals surface area contributed by atoms with E-state index in [4.69, 9.17) is 11.6 Å². The number of nitrogens with two attached hydrogens (primary N) is 2. The maximum absolute atomic E-state index is 5.54. The third-order valence-corrected chi connectivity index (χ3v) is 1.13. The largest absolute Gasteiger partial charge is 0.409 e. The molecule has 0 bridgehead atoms. The molecule has 0 aliphatic heterocycles. The first-order chi connectivity index (χ1) is 6.26.